The van der Waals surface area contributed by atoms with E-state index in [9.17, 15) is 14.0 Å². The SMILES string of the molecule is O=C(C[C@@H](Cc1ccc2ccsc2c1)N1C=C(CNC(=O)c2ccc(F)cc2)NN1)NO. The lowest BCUT2D eigenvalue weighted by molar-refractivity contribution is -0.130. The maximum Gasteiger partial charge on any atom is 0.251 e. The summed E-state index contributed by atoms with van der Waals surface area (Å²) in [4.78, 5) is 24.1. The molecule has 1 aromatic heterocycles. The van der Waals surface area contributed by atoms with Gasteiger partial charge < -0.3 is 10.7 Å². The number of hydroxylamine groups is 1. The maximum atomic E-state index is 13.0. The zero-order valence-corrected chi connectivity index (χ0v) is 17.8. The summed E-state index contributed by atoms with van der Waals surface area (Å²) >= 11 is 1.65. The molecule has 166 valence electrons. The fourth-order valence-electron chi connectivity index (χ4n) is 3.46. The van der Waals surface area contributed by atoms with E-state index in [4.69, 9.17) is 5.21 Å². The van der Waals surface area contributed by atoms with Gasteiger partial charge in [0, 0.05) is 16.5 Å². The summed E-state index contributed by atoms with van der Waals surface area (Å²) in [6.45, 7) is 0.208. The number of fused-ring (bicyclic) bond motifs is 1. The lowest BCUT2D eigenvalue weighted by Crippen LogP contribution is -2.46. The molecule has 0 radical (unpaired) electrons. The second-order valence-corrected chi connectivity index (χ2v) is 8.33. The Balaban J connectivity index is 1.42. The highest BCUT2D eigenvalue weighted by Crippen LogP contribution is 2.24. The van der Waals surface area contributed by atoms with Gasteiger partial charge in [-0.25, -0.2) is 9.87 Å². The summed E-state index contributed by atoms with van der Waals surface area (Å²) < 4.78 is 14.2. The Bertz CT molecular complexity index is 1150. The van der Waals surface area contributed by atoms with Crippen molar-refractivity contribution >= 4 is 33.2 Å². The van der Waals surface area contributed by atoms with Crippen molar-refractivity contribution in [1.82, 2.24) is 26.8 Å². The van der Waals surface area contributed by atoms with E-state index in [1.165, 1.54) is 34.4 Å². The van der Waals surface area contributed by atoms with Crippen molar-refractivity contribution in [3.8, 4) is 0 Å². The van der Waals surface area contributed by atoms with Crippen molar-refractivity contribution in [2.24, 2.45) is 0 Å². The molecular formula is C22H22FN5O3S. The Morgan fingerprint density at radius 1 is 1.16 bits per heavy atom. The number of nitrogens with zero attached hydrogens (tertiary/aromatic N) is 1. The van der Waals surface area contributed by atoms with E-state index in [0.29, 0.717) is 17.7 Å². The number of hydrogen-bond acceptors (Lipinski definition) is 7. The van der Waals surface area contributed by atoms with Crippen LogP contribution in [0.5, 0.6) is 0 Å². The van der Waals surface area contributed by atoms with Crippen molar-refractivity contribution in [1.29, 1.82) is 0 Å². The van der Waals surface area contributed by atoms with Gasteiger partial charge in [0.25, 0.3) is 5.91 Å². The van der Waals surface area contributed by atoms with Crippen LogP contribution in [0.3, 0.4) is 0 Å². The van der Waals surface area contributed by atoms with Crippen LogP contribution in [-0.4, -0.2) is 34.6 Å². The second kappa shape index (κ2) is 9.77. The summed E-state index contributed by atoms with van der Waals surface area (Å²) in [5.74, 6) is -1.23. The van der Waals surface area contributed by atoms with E-state index in [-0.39, 0.29) is 24.9 Å². The first kappa shape index (κ1) is 21.8. The van der Waals surface area contributed by atoms with Crippen molar-refractivity contribution in [2.75, 3.05) is 6.54 Å². The maximum absolute atomic E-state index is 13.0. The van der Waals surface area contributed by atoms with E-state index in [0.717, 1.165) is 5.56 Å². The van der Waals surface area contributed by atoms with Crippen molar-refractivity contribution in [2.45, 2.75) is 18.9 Å². The third-order valence-corrected chi connectivity index (χ3v) is 6.00. The highest BCUT2D eigenvalue weighted by molar-refractivity contribution is 7.17. The molecule has 0 bridgehead atoms. The van der Waals surface area contributed by atoms with Crippen molar-refractivity contribution in [3.05, 3.63) is 82.8 Å². The first-order valence-corrected chi connectivity index (χ1v) is 10.8. The average Bonchev–Trinajstić information content (AvgIpc) is 3.46. The number of nitrogens with one attached hydrogen (secondary N) is 4. The molecule has 0 aliphatic carbocycles. The molecule has 1 aliphatic rings. The lowest BCUT2D eigenvalue weighted by Gasteiger charge is -2.26. The molecule has 1 aliphatic heterocycles. The third-order valence-electron chi connectivity index (χ3n) is 5.12. The predicted molar refractivity (Wildman–Crippen MR) is 119 cm³/mol. The standard InChI is InChI=1S/C22H22FN5O3S/c23-17-5-3-16(4-6-17)22(30)24-12-18-13-28(27-25-18)19(11-21(29)26-31)9-14-1-2-15-7-8-32-20(15)10-14/h1-8,10,13,19,25,27,31H,9,11-12H2,(H,24,30)(H,26,29)/t19-/m1/s1. The average molecular weight is 456 g/mol. The number of benzene rings is 2. The zero-order valence-electron chi connectivity index (χ0n) is 17.0. The summed E-state index contributed by atoms with van der Waals surface area (Å²) in [7, 11) is 0. The van der Waals surface area contributed by atoms with Gasteiger partial charge in [0.05, 0.1) is 24.7 Å². The molecule has 0 fully saturated rings. The monoisotopic (exact) mass is 455 g/mol. The van der Waals surface area contributed by atoms with Gasteiger partial charge in [0.1, 0.15) is 5.82 Å². The first-order chi connectivity index (χ1) is 15.5. The summed E-state index contributed by atoms with van der Waals surface area (Å²) in [6.07, 6.45) is 2.38. The Morgan fingerprint density at radius 3 is 2.75 bits per heavy atom. The van der Waals surface area contributed by atoms with Crippen LogP contribution >= 0.6 is 11.3 Å². The van der Waals surface area contributed by atoms with Gasteiger partial charge in [-0.2, -0.15) is 0 Å². The molecule has 2 heterocycles. The van der Waals surface area contributed by atoms with Crippen LogP contribution in [-0.2, 0) is 11.2 Å². The Labute approximate surface area is 187 Å². The second-order valence-electron chi connectivity index (χ2n) is 7.38. The Morgan fingerprint density at radius 2 is 1.97 bits per heavy atom. The van der Waals surface area contributed by atoms with Crippen LogP contribution in [0.4, 0.5) is 4.39 Å². The van der Waals surface area contributed by atoms with Gasteiger partial charge in [0.15, 0.2) is 0 Å². The molecule has 4 rings (SSSR count). The Kier molecular flexibility index (Phi) is 6.64. The largest absolute Gasteiger partial charge is 0.346 e. The fourth-order valence-corrected chi connectivity index (χ4v) is 4.31. The molecule has 1 atom stereocenters. The molecular weight excluding hydrogens is 433 g/mol. The molecule has 0 unspecified atom stereocenters. The first-order valence-electron chi connectivity index (χ1n) is 9.95. The number of thiophene rings is 1. The van der Waals surface area contributed by atoms with Gasteiger partial charge in [-0.3, -0.25) is 19.8 Å². The number of hydrazine groups is 2. The van der Waals surface area contributed by atoms with Gasteiger partial charge in [0.2, 0.25) is 5.91 Å². The van der Waals surface area contributed by atoms with Crippen LogP contribution in [0.15, 0.2) is 65.8 Å². The quantitative estimate of drug-likeness (QED) is 0.264. The minimum absolute atomic E-state index is 0.0549. The Hall–Kier alpha value is -3.47. The molecule has 0 spiro atoms. The number of rotatable bonds is 8. The van der Waals surface area contributed by atoms with Gasteiger partial charge in [-0.15, -0.1) is 16.9 Å². The van der Waals surface area contributed by atoms with E-state index in [1.807, 2.05) is 17.5 Å². The number of carbonyl (C=O) groups is 2. The summed E-state index contributed by atoms with van der Waals surface area (Å²) in [5, 5.41) is 16.7. The molecule has 10 heteroatoms. The van der Waals surface area contributed by atoms with Crippen LogP contribution in [0.2, 0.25) is 0 Å². The van der Waals surface area contributed by atoms with E-state index in [2.05, 4.69) is 28.4 Å². The van der Waals surface area contributed by atoms with E-state index >= 15 is 0 Å². The fraction of sp³-hybridized carbons (Fsp3) is 0.182. The van der Waals surface area contributed by atoms with Crippen LogP contribution in [0.1, 0.15) is 22.3 Å². The summed E-state index contributed by atoms with van der Waals surface area (Å²) in [5.41, 5.74) is 9.75. The van der Waals surface area contributed by atoms with Gasteiger partial charge in [-0.1, -0.05) is 12.1 Å². The van der Waals surface area contributed by atoms with E-state index < -0.39 is 11.7 Å². The molecule has 32 heavy (non-hydrogen) atoms. The predicted octanol–water partition coefficient (Wildman–Crippen LogP) is 2.44. The number of carbonyl (C=O) groups excluding carboxylic acids is 2. The number of hydrogen-bond donors (Lipinski definition) is 5. The zero-order chi connectivity index (χ0) is 22.5. The topological polar surface area (TPSA) is 106 Å². The van der Waals surface area contributed by atoms with Crippen LogP contribution < -0.4 is 21.8 Å². The molecule has 0 saturated carbocycles. The third kappa shape index (κ3) is 5.22. The number of halogens is 1. The molecule has 0 saturated heterocycles. The van der Waals surface area contributed by atoms with Crippen molar-refractivity contribution < 1.29 is 19.2 Å². The minimum Gasteiger partial charge on any atom is -0.346 e. The van der Waals surface area contributed by atoms with Gasteiger partial charge in [-0.05, 0) is 59.1 Å². The van der Waals surface area contributed by atoms with Crippen molar-refractivity contribution in [3.63, 3.8) is 0 Å². The molecule has 8 nitrogen and oxygen atoms in total. The minimum atomic E-state index is -0.500. The lowest BCUT2D eigenvalue weighted by atomic mass is 10.0. The van der Waals surface area contributed by atoms with Gasteiger partial charge >= 0.3 is 0 Å². The normalized spacial score (nSPS) is 14.1. The smallest absolute Gasteiger partial charge is 0.251 e. The van der Waals surface area contributed by atoms with E-state index in [1.54, 1.807) is 28.0 Å². The number of amides is 2. The molecule has 3 aromatic rings. The molecule has 2 aromatic carbocycles. The van der Waals surface area contributed by atoms with Crippen LogP contribution in [0, 0.1) is 5.82 Å². The summed E-state index contributed by atoms with van der Waals surface area (Å²) in [6, 6.07) is 13.2. The highest BCUT2D eigenvalue weighted by atomic mass is 32.1. The highest BCUT2D eigenvalue weighted by Gasteiger charge is 2.24. The molecule has 2 amide bonds. The van der Waals surface area contributed by atoms with Crippen LogP contribution in [0.25, 0.3) is 10.1 Å². The molecule has 5 N–H and O–H groups in total.